The Hall–Kier alpha value is -2.18. The average Bonchev–Trinajstić information content (AvgIpc) is 3.30. The lowest BCUT2D eigenvalue weighted by atomic mass is 9.91. The Bertz CT molecular complexity index is 689. The van der Waals surface area contributed by atoms with E-state index in [0.717, 1.165) is 43.9 Å². The Morgan fingerprint density at radius 2 is 2.28 bits per heavy atom. The molecule has 2 aromatic rings. The largest absolute Gasteiger partial charge is 0.468 e. The summed E-state index contributed by atoms with van der Waals surface area (Å²) in [5.74, 6) is 1.41. The highest BCUT2D eigenvalue weighted by molar-refractivity contribution is 5.81. The van der Waals surface area contributed by atoms with E-state index in [1.54, 1.807) is 12.5 Å². The van der Waals surface area contributed by atoms with Crippen LogP contribution in [0.4, 0.5) is 0 Å². The van der Waals surface area contributed by atoms with Crippen LogP contribution in [0.1, 0.15) is 24.3 Å². The van der Waals surface area contributed by atoms with Gasteiger partial charge in [-0.2, -0.15) is 0 Å². The number of piperidine rings is 1. The van der Waals surface area contributed by atoms with Crippen LogP contribution in [0.15, 0.2) is 47.2 Å². The van der Waals surface area contributed by atoms with E-state index >= 15 is 0 Å². The zero-order valence-electron chi connectivity index (χ0n) is 14.1. The molecule has 2 aliphatic heterocycles. The molecular weight excluding hydrogens is 318 g/mol. The molecule has 1 N–H and O–H groups in total. The van der Waals surface area contributed by atoms with Gasteiger partial charge in [0.25, 0.3) is 0 Å². The molecule has 132 valence electrons. The molecular formula is C19H23N3O3. The second-order valence-corrected chi connectivity index (χ2v) is 6.80. The highest BCUT2D eigenvalue weighted by atomic mass is 16.5. The first-order valence-electron chi connectivity index (χ1n) is 8.86. The third-order valence-electron chi connectivity index (χ3n) is 5.06. The van der Waals surface area contributed by atoms with Crippen LogP contribution in [0.3, 0.4) is 0 Å². The van der Waals surface area contributed by atoms with Crippen LogP contribution in [-0.4, -0.2) is 41.1 Å². The second-order valence-electron chi connectivity index (χ2n) is 6.80. The Morgan fingerprint density at radius 1 is 1.32 bits per heavy atom. The molecule has 2 fully saturated rings. The van der Waals surface area contributed by atoms with Crippen LogP contribution in [0, 0.1) is 5.92 Å². The van der Waals surface area contributed by atoms with E-state index in [1.807, 2.05) is 30.3 Å². The topological polar surface area (TPSA) is 67.6 Å². The van der Waals surface area contributed by atoms with Crippen molar-refractivity contribution >= 4 is 5.91 Å². The van der Waals surface area contributed by atoms with Crippen LogP contribution in [0.25, 0.3) is 0 Å². The minimum absolute atomic E-state index is 0.0300. The van der Waals surface area contributed by atoms with Gasteiger partial charge in [-0.1, -0.05) is 6.07 Å². The third-order valence-corrected chi connectivity index (χ3v) is 5.06. The molecule has 4 heterocycles. The van der Waals surface area contributed by atoms with Gasteiger partial charge in [0, 0.05) is 12.7 Å². The fraction of sp³-hybridized carbons (Fsp3) is 0.474. The summed E-state index contributed by atoms with van der Waals surface area (Å²) in [6, 6.07) is 9.60. The Labute approximate surface area is 147 Å². The van der Waals surface area contributed by atoms with E-state index in [-0.39, 0.29) is 18.1 Å². The standard InChI is InChI=1S/C19H23N3O3/c23-19(21-11-15-4-1-2-7-20-15)17-10-14-6-8-22(13-18(14)25-17)12-16-5-3-9-24-16/h1-5,7,9,14,17-18H,6,8,10-13H2,(H,21,23)/t14-,17-,18-/m0/s1. The summed E-state index contributed by atoms with van der Waals surface area (Å²) in [6.45, 7) is 3.12. The van der Waals surface area contributed by atoms with Crippen molar-refractivity contribution in [1.82, 2.24) is 15.2 Å². The molecule has 2 aliphatic rings. The number of hydrogen-bond donors (Lipinski definition) is 1. The predicted octanol–water partition coefficient (Wildman–Crippen LogP) is 1.97. The molecule has 0 bridgehead atoms. The maximum absolute atomic E-state index is 12.4. The number of carbonyl (C=O) groups excluding carboxylic acids is 1. The number of nitrogens with zero attached hydrogens (tertiary/aromatic N) is 2. The number of ether oxygens (including phenoxy) is 1. The van der Waals surface area contributed by atoms with E-state index in [0.29, 0.717) is 12.5 Å². The van der Waals surface area contributed by atoms with Gasteiger partial charge in [-0.05, 0) is 49.6 Å². The van der Waals surface area contributed by atoms with Gasteiger partial charge in [-0.3, -0.25) is 14.7 Å². The molecule has 0 unspecified atom stereocenters. The summed E-state index contributed by atoms with van der Waals surface area (Å²) >= 11 is 0. The number of furan rings is 1. The number of rotatable bonds is 5. The summed E-state index contributed by atoms with van der Waals surface area (Å²) in [5, 5.41) is 2.94. The number of fused-ring (bicyclic) bond motifs is 1. The van der Waals surface area contributed by atoms with Crippen molar-refractivity contribution in [2.24, 2.45) is 5.92 Å². The number of hydrogen-bond acceptors (Lipinski definition) is 5. The van der Waals surface area contributed by atoms with Gasteiger partial charge in [-0.15, -0.1) is 0 Å². The molecule has 6 heteroatoms. The van der Waals surface area contributed by atoms with Crippen molar-refractivity contribution in [3.63, 3.8) is 0 Å². The molecule has 0 saturated carbocycles. The highest BCUT2D eigenvalue weighted by Gasteiger charge is 2.41. The van der Waals surface area contributed by atoms with Crippen molar-refractivity contribution in [2.45, 2.75) is 38.1 Å². The van der Waals surface area contributed by atoms with Gasteiger partial charge in [0.05, 0.1) is 31.2 Å². The van der Waals surface area contributed by atoms with E-state index in [9.17, 15) is 4.79 Å². The first-order chi connectivity index (χ1) is 12.3. The highest BCUT2D eigenvalue weighted by Crippen LogP contribution is 2.33. The average molecular weight is 341 g/mol. The molecule has 0 radical (unpaired) electrons. The monoisotopic (exact) mass is 341 g/mol. The normalized spacial score (nSPS) is 26.3. The summed E-state index contributed by atoms with van der Waals surface area (Å²) < 4.78 is 11.5. The van der Waals surface area contributed by atoms with Crippen LogP contribution in [0.5, 0.6) is 0 Å². The number of nitrogens with one attached hydrogen (secondary N) is 1. The van der Waals surface area contributed by atoms with Gasteiger partial charge >= 0.3 is 0 Å². The molecule has 3 atom stereocenters. The molecule has 6 nitrogen and oxygen atoms in total. The molecule has 0 spiro atoms. The minimum atomic E-state index is -0.345. The number of amides is 1. The molecule has 0 aliphatic carbocycles. The van der Waals surface area contributed by atoms with Crippen molar-refractivity contribution in [2.75, 3.05) is 13.1 Å². The van der Waals surface area contributed by atoms with Crippen molar-refractivity contribution < 1.29 is 13.9 Å². The fourth-order valence-electron chi connectivity index (χ4n) is 3.72. The van der Waals surface area contributed by atoms with Crippen molar-refractivity contribution in [1.29, 1.82) is 0 Å². The third kappa shape index (κ3) is 3.91. The Balaban J connectivity index is 1.28. The Kier molecular flexibility index (Phi) is 4.81. The van der Waals surface area contributed by atoms with Crippen molar-refractivity contribution in [3.05, 3.63) is 54.2 Å². The van der Waals surface area contributed by atoms with Crippen LogP contribution in [-0.2, 0) is 22.6 Å². The lowest BCUT2D eigenvalue weighted by molar-refractivity contribution is -0.133. The second kappa shape index (κ2) is 7.37. The molecule has 0 aromatic carbocycles. The maximum Gasteiger partial charge on any atom is 0.249 e. The van der Waals surface area contributed by atoms with Gasteiger partial charge in [0.2, 0.25) is 5.91 Å². The van der Waals surface area contributed by atoms with Gasteiger partial charge in [0.1, 0.15) is 11.9 Å². The number of pyridine rings is 1. The quantitative estimate of drug-likeness (QED) is 0.901. The minimum Gasteiger partial charge on any atom is -0.468 e. The first-order valence-corrected chi connectivity index (χ1v) is 8.86. The summed E-state index contributed by atoms with van der Waals surface area (Å²) in [7, 11) is 0. The van der Waals surface area contributed by atoms with Crippen molar-refractivity contribution in [3.8, 4) is 0 Å². The summed E-state index contributed by atoms with van der Waals surface area (Å²) in [4.78, 5) is 19.0. The fourth-order valence-corrected chi connectivity index (χ4v) is 3.72. The maximum atomic E-state index is 12.4. The molecule has 4 rings (SSSR count). The molecule has 1 amide bonds. The lowest BCUT2D eigenvalue weighted by Crippen LogP contribution is -2.42. The smallest absolute Gasteiger partial charge is 0.249 e. The van der Waals surface area contributed by atoms with E-state index in [1.165, 1.54) is 0 Å². The number of likely N-dealkylation sites (tertiary alicyclic amines) is 1. The number of aromatic nitrogens is 1. The predicted molar refractivity (Wildman–Crippen MR) is 91.5 cm³/mol. The van der Waals surface area contributed by atoms with Gasteiger partial charge < -0.3 is 14.5 Å². The Morgan fingerprint density at radius 3 is 3.08 bits per heavy atom. The van der Waals surface area contributed by atoms with Crippen LogP contribution >= 0.6 is 0 Å². The summed E-state index contributed by atoms with van der Waals surface area (Å²) in [5.41, 5.74) is 0.857. The van der Waals surface area contributed by atoms with Gasteiger partial charge in [-0.25, -0.2) is 0 Å². The van der Waals surface area contributed by atoms with Crippen LogP contribution in [0.2, 0.25) is 0 Å². The van der Waals surface area contributed by atoms with Crippen LogP contribution < -0.4 is 5.32 Å². The number of carbonyl (C=O) groups is 1. The van der Waals surface area contributed by atoms with E-state index in [4.69, 9.17) is 9.15 Å². The lowest BCUT2D eigenvalue weighted by Gasteiger charge is -2.33. The van der Waals surface area contributed by atoms with E-state index < -0.39 is 0 Å². The van der Waals surface area contributed by atoms with E-state index in [2.05, 4.69) is 15.2 Å². The SMILES string of the molecule is O=C(NCc1ccccn1)[C@@H]1C[C@@H]2CCN(Cc3ccco3)C[C@@H]2O1. The zero-order chi connectivity index (χ0) is 17.1. The summed E-state index contributed by atoms with van der Waals surface area (Å²) in [6.07, 6.45) is 5.10. The molecule has 2 aromatic heterocycles. The molecule has 2 saturated heterocycles. The molecule has 25 heavy (non-hydrogen) atoms. The van der Waals surface area contributed by atoms with Gasteiger partial charge in [0.15, 0.2) is 0 Å². The first kappa shape index (κ1) is 16.3. The zero-order valence-corrected chi connectivity index (χ0v) is 14.1.